The first-order valence-corrected chi connectivity index (χ1v) is 7.79. The Morgan fingerprint density at radius 2 is 2.06 bits per heavy atom. The molecule has 0 spiro atoms. The Hall–Kier alpha value is -1.36. The maximum atomic E-state index is 13.5. The van der Waals surface area contributed by atoms with Crippen molar-refractivity contribution in [2.75, 3.05) is 11.5 Å². The Bertz CT molecular complexity index is 646. The maximum absolute atomic E-state index is 13.5. The number of rotatable bonds is 5. The summed E-state index contributed by atoms with van der Waals surface area (Å²) >= 11 is 0. The number of nitrogens with zero attached hydrogens (tertiary/aromatic N) is 1. The van der Waals surface area contributed by atoms with E-state index >= 15 is 0 Å². The van der Waals surface area contributed by atoms with E-state index in [9.17, 15) is 12.8 Å². The number of aromatic nitrogens is 1. The second-order valence-electron chi connectivity index (χ2n) is 4.27. The topological polar surface area (TPSA) is 39.1 Å². The molecule has 0 fully saturated rings. The molecular weight excluding hydrogens is 253 g/mol. The van der Waals surface area contributed by atoms with Crippen LogP contribution in [0.3, 0.4) is 0 Å². The summed E-state index contributed by atoms with van der Waals surface area (Å²) in [6, 6.07) is 6.65. The Morgan fingerprint density at radius 3 is 2.78 bits per heavy atom. The van der Waals surface area contributed by atoms with Gasteiger partial charge in [0.1, 0.15) is 15.7 Å². The van der Waals surface area contributed by atoms with Crippen molar-refractivity contribution in [2.45, 2.75) is 19.9 Å². The quantitative estimate of drug-likeness (QED) is 0.837. The first-order valence-electron chi connectivity index (χ1n) is 5.97. The lowest BCUT2D eigenvalue weighted by Crippen LogP contribution is -2.11. The minimum absolute atomic E-state index is 0.175. The summed E-state index contributed by atoms with van der Waals surface area (Å²) in [7, 11) is -2.92. The van der Waals surface area contributed by atoms with Crippen molar-refractivity contribution in [3.8, 4) is 0 Å². The van der Waals surface area contributed by atoms with Crippen LogP contribution in [0.15, 0.2) is 30.5 Å². The summed E-state index contributed by atoms with van der Waals surface area (Å²) in [6.45, 7) is 2.24. The van der Waals surface area contributed by atoms with Crippen molar-refractivity contribution >= 4 is 20.7 Å². The molecule has 0 bridgehead atoms. The monoisotopic (exact) mass is 269 g/mol. The predicted molar refractivity (Wildman–Crippen MR) is 70.8 cm³/mol. The number of sulfone groups is 1. The highest BCUT2D eigenvalue weighted by Gasteiger charge is 2.08. The summed E-state index contributed by atoms with van der Waals surface area (Å²) < 4.78 is 38.1. The molecule has 0 saturated carbocycles. The molecule has 0 unspecified atom stereocenters. The molecule has 0 aliphatic carbocycles. The molecule has 0 aliphatic rings. The lowest BCUT2D eigenvalue weighted by Gasteiger charge is -2.05. The fourth-order valence-electron chi connectivity index (χ4n) is 1.98. The first-order chi connectivity index (χ1) is 8.53. The van der Waals surface area contributed by atoms with Crippen molar-refractivity contribution in [3.05, 3.63) is 36.3 Å². The van der Waals surface area contributed by atoms with Gasteiger partial charge in [0.2, 0.25) is 0 Å². The number of hydrogen-bond acceptors (Lipinski definition) is 2. The first kappa shape index (κ1) is 13.1. The molecule has 2 rings (SSSR count). The van der Waals surface area contributed by atoms with Crippen molar-refractivity contribution in [2.24, 2.45) is 0 Å². The van der Waals surface area contributed by atoms with Gasteiger partial charge in [-0.3, -0.25) is 0 Å². The molecular formula is C13H16FNO2S. The molecule has 3 nitrogen and oxygen atoms in total. The summed E-state index contributed by atoms with van der Waals surface area (Å²) in [6.07, 6.45) is 2.35. The molecule has 2 aromatic rings. The normalized spacial score (nSPS) is 12.1. The van der Waals surface area contributed by atoms with Gasteiger partial charge in [0.25, 0.3) is 0 Å². The van der Waals surface area contributed by atoms with Gasteiger partial charge in [0.05, 0.1) is 11.3 Å². The minimum atomic E-state index is -2.92. The van der Waals surface area contributed by atoms with E-state index in [-0.39, 0.29) is 17.3 Å². The zero-order valence-electron chi connectivity index (χ0n) is 10.3. The van der Waals surface area contributed by atoms with Gasteiger partial charge in [-0.1, -0.05) is 13.0 Å². The number of benzene rings is 1. The highest BCUT2D eigenvalue weighted by Crippen LogP contribution is 2.19. The van der Waals surface area contributed by atoms with Crippen LogP contribution < -0.4 is 0 Å². The van der Waals surface area contributed by atoms with Crippen LogP contribution in [-0.4, -0.2) is 24.5 Å². The van der Waals surface area contributed by atoms with Crippen molar-refractivity contribution in [1.82, 2.24) is 4.57 Å². The molecule has 0 amide bonds. The highest BCUT2D eigenvalue weighted by atomic mass is 32.2. The average molecular weight is 269 g/mol. The molecule has 0 radical (unpaired) electrons. The number of hydrogen-bond donors (Lipinski definition) is 0. The van der Waals surface area contributed by atoms with Gasteiger partial charge in [0.15, 0.2) is 0 Å². The number of aryl methyl sites for hydroxylation is 1. The summed E-state index contributed by atoms with van der Waals surface area (Å²) in [5, 5.41) is 0.579. The SMILES string of the molecule is CCS(=O)(=O)CCCn1ccc2c(F)cccc21. The Morgan fingerprint density at radius 1 is 1.28 bits per heavy atom. The van der Waals surface area contributed by atoms with Crippen LogP contribution in [-0.2, 0) is 16.4 Å². The zero-order chi connectivity index (χ0) is 13.2. The van der Waals surface area contributed by atoms with Crippen LogP contribution in [0.1, 0.15) is 13.3 Å². The molecule has 1 aromatic heterocycles. The molecule has 0 aliphatic heterocycles. The molecule has 0 saturated heterocycles. The summed E-state index contributed by atoms with van der Waals surface area (Å²) in [4.78, 5) is 0. The average Bonchev–Trinajstić information content (AvgIpc) is 2.74. The van der Waals surface area contributed by atoms with Crippen LogP contribution in [0.4, 0.5) is 4.39 Å². The fraction of sp³-hybridized carbons (Fsp3) is 0.385. The zero-order valence-corrected chi connectivity index (χ0v) is 11.1. The predicted octanol–water partition coefficient (Wildman–Crippen LogP) is 2.61. The van der Waals surface area contributed by atoms with Gasteiger partial charge in [-0.05, 0) is 24.6 Å². The fourth-order valence-corrected chi connectivity index (χ4v) is 2.84. The van der Waals surface area contributed by atoms with E-state index < -0.39 is 9.84 Å². The lowest BCUT2D eigenvalue weighted by molar-refractivity contribution is 0.589. The number of fused-ring (bicyclic) bond motifs is 1. The molecule has 18 heavy (non-hydrogen) atoms. The second kappa shape index (κ2) is 5.10. The van der Waals surface area contributed by atoms with Gasteiger partial charge < -0.3 is 4.57 Å². The van der Waals surface area contributed by atoms with E-state index in [1.54, 1.807) is 25.3 Å². The van der Waals surface area contributed by atoms with Gasteiger partial charge in [-0.2, -0.15) is 0 Å². The molecule has 98 valence electrons. The largest absolute Gasteiger partial charge is 0.347 e. The molecule has 0 N–H and O–H groups in total. The standard InChI is InChI=1S/C13H16FNO2S/c1-2-18(16,17)10-4-8-15-9-7-11-12(14)5-3-6-13(11)15/h3,5-7,9H,2,4,8,10H2,1H3. The molecule has 5 heteroatoms. The Kier molecular flexibility index (Phi) is 3.71. The van der Waals surface area contributed by atoms with E-state index in [0.717, 1.165) is 5.52 Å². The van der Waals surface area contributed by atoms with Crippen LogP contribution in [0.5, 0.6) is 0 Å². The Balaban J connectivity index is 2.11. The van der Waals surface area contributed by atoms with Gasteiger partial charge >= 0.3 is 0 Å². The van der Waals surface area contributed by atoms with E-state index in [0.29, 0.717) is 18.4 Å². The minimum Gasteiger partial charge on any atom is -0.347 e. The summed E-state index contributed by atoms with van der Waals surface area (Å²) in [5.41, 5.74) is 0.809. The van der Waals surface area contributed by atoms with Gasteiger partial charge in [-0.25, -0.2) is 12.8 Å². The van der Waals surface area contributed by atoms with Gasteiger partial charge in [0, 0.05) is 23.9 Å². The third-order valence-electron chi connectivity index (χ3n) is 3.05. The van der Waals surface area contributed by atoms with Crippen molar-refractivity contribution < 1.29 is 12.8 Å². The second-order valence-corrected chi connectivity index (χ2v) is 6.74. The summed E-state index contributed by atoms with van der Waals surface area (Å²) in [5.74, 6) is 0.111. The van der Waals surface area contributed by atoms with Crippen LogP contribution >= 0.6 is 0 Å². The maximum Gasteiger partial charge on any atom is 0.150 e. The highest BCUT2D eigenvalue weighted by molar-refractivity contribution is 7.91. The molecule has 1 aromatic carbocycles. The lowest BCUT2D eigenvalue weighted by atomic mass is 10.2. The van der Waals surface area contributed by atoms with E-state index in [4.69, 9.17) is 0 Å². The van der Waals surface area contributed by atoms with Crippen molar-refractivity contribution in [3.63, 3.8) is 0 Å². The molecule has 0 atom stereocenters. The van der Waals surface area contributed by atoms with Crippen LogP contribution in [0.2, 0.25) is 0 Å². The van der Waals surface area contributed by atoms with Crippen LogP contribution in [0, 0.1) is 5.82 Å². The molecule has 1 heterocycles. The smallest absolute Gasteiger partial charge is 0.150 e. The Labute approximate surface area is 106 Å². The third-order valence-corrected chi connectivity index (χ3v) is 4.84. The van der Waals surface area contributed by atoms with Crippen molar-refractivity contribution in [1.29, 1.82) is 0 Å². The third kappa shape index (κ3) is 2.72. The van der Waals surface area contributed by atoms with Gasteiger partial charge in [-0.15, -0.1) is 0 Å². The van der Waals surface area contributed by atoms with Crippen LogP contribution in [0.25, 0.3) is 10.9 Å². The van der Waals surface area contributed by atoms with E-state index in [1.165, 1.54) is 6.07 Å². The van der Waals surface area contributed by atoms with E-state index in [1.807, 2.05) is 10.6 Å². The number of halogens is 1. The van der Waals surface area contributed by atoms with E-state index in [2.05, 4.69) is 0 Å².